The molecule has 0 bridgehead atoms. The number of nitrogens with one attached hydrogen (secondary N) is 2. The predicted octanol–water partition coefficient (Wildman–Crippen LogP) is 2.89. The van der Waals surface area contributed by atoms with Gasteiger partial charge in [0.1, 0.15) is 6.04 Å². The molecule has 0 radical (unpaired) electrons. The molecule has 3 amide bonds. The maximum Gasteiger partial charge on any atom is 0.318 e. The summed E-state index contributed by atoms with van der Waals surface area (Å²) in [7, 11) is 0. The molecule has 33 heavy (non-hydrogen) atoms. The number of hydrogen-bond acceptors (Lipinski definition) is 4. The molecule has 1 atom stereocenters. The highest BCUT2D eigenvalue weighted by Gasteiger charge is 2.42. The molecular formula is C25H34N4O4. The second-order valence-electron chi connectivity index (χ2n) is 9.71. The van der Waals surface area contributed by atoms with Crippen molar-refractivity contribution in [2.75, 3.05) is 39.4 Å². The third-order valence-electron chi connectivity index (χ3n) is 7.37. The molecule has 3 fully saturated rings. The number of ether oxygens (including phenoxy) is 2. The molecule has 3 aliphatic heterocycles. The van der Waals surface area contributed by atoms with Gasteiger partial charge in [-0.2, -0.15) is 0 Å². The van der Waals surface area contributed by atoms with Crippen LogP contribution >= 0.6 is 0 Å². The van der Waals surface area contributed by atoms with Crippen molar-refractivity contribution in [3.8, 4) is 0 Å². The first kappa shape index (κ1) is 22.2. The molecule has 1 unspecified atom stereocenters. The van der Waals surface area contributed by atoms with E-state index >= 15 is 0 Å². The van der Waals surface area contributed by atoms with Crippen LogP contribution in [0.2, 0.25) is 0 Å². The van der Waals surface area contributed by atoms with Crippen molar-refractivity contribution in [1.29, 1.82) is 0 Å². The number of benzene rings is 1. The van der Waals surface area contributed by atoms with E-state index in [1.807, 2.05) is 34.2 Å². The zero-order valence-corrected chi connectivity index (χ0v) is 19.3. The van der Waals surface area contributed by atoms with E-state index in [1.165, 1.54) is 0 Å². The summed E-state index contributed by atoms with van der Waals surface area (Å²) in [5.74, 6) is 0.0790. The number of aromatic amines is 1. The van der Waals surface area contributed by atoms with Crippen LogP contribution in [0.5, 0.6) is 0 Å². The Labute approximate surface area is 194 Å². The van der Waals surface area contributed by atoms with Gasteiger partial charge in [0.05, 0.1) is 13.2 Å². The van der Waals surface area contributed by atoms with Gasteiger partial charge < -0.3 is 29.6 Å². The molecular weight excluding hydrogens is 420 g/mol. The minimum Gasteiger partial charge on any atom is -0.361 e. The van der Waals surface area contributed by atoms with Gasteiger partial charge in [-0.15, -0.1) is 0 Å². The van der Waals surface area contributed by atoms with Crippen molar-refractivity contribution in [2.24, 2.45) is 5.92 Å². The molecule has 2 N–H and O–H groups in total. The van der Waals surface area contributed by atoms with E-state index in [-0.39, 0.29) is 11.9 Å². The number of aromatic nitrogens is 1. The summed E-state index contributed by atoms with van der Waals surface area (Å²) in [5, 5.41) is 4.18. The molecule has 8 heteroatoms. The first-order valence-corrected chi connectivity index (χ1v) is 12.2. The number of amides is 3. The Balaban J connectivity index is 1.30. The van der Waals surface area contributed by atoms with Gasteiger partial charge in [-0.3, -0.25) is 4.79 Å². The number of carbonyl (C=O) groups is 2. The number of H-pyrrole nitrogens is 1. The molecule has 5 rings (SSSR count). The maximum absolute atomic E-state index is 13.6. The molecule has 1 spiro atoms. The normalized spacial score (nSPS) is 22.1. The third kappa shape index (κ3) is 4.87. The van der Waals surface area contributed by atoms with Crippen molar-refractivity contribution in [3.63, 3.8) is 0 Å². The molecule has 1 aromatic carbocycles. The highest BCUT2D eigenvalue weighted by atomic mass is 16.7. The van der Waals surface area contributed by atoms with E-state index in [0.29, 0.717) is 51.5 Å². The molecule has 1 aromatic heterocycles. The standard InChI is InChI=1S/C25H34N4O4/c1-18-5-10-29(11-6-18)24(31)27-22(17-19-2-3-21-20(16-19)4-9-26-21)23(30)28-12-7-25(8-13-28)32-14-15-33-25/h2-4,9,16,18,22,26H,5-8,10-15,17H2,1H3,(H,27,31). The smallest absolute Gasteiger partial charge is 0.318 e. The van der Waals surface area contributed by atoms with E-state index in [4.69, 9.17) is 9.47 Å². The molecule has 0 aliphatic carbocycles. The average molecular weight is 455 g/mol. The molecule has 3 aliphatic rings. The fourth-order valence-corrected chi connectivity index (χ4v) is 5.19. The van der Waals surface area contributed by atoms with Crippen molar-refractivity contribution in [3.05, 3.63) is 36.0 Å². The largest absolute Gasteiger partial charge is 0.361 e. The second-order valence-corrected chi connectivity index (χ2v) is 9.71. The SMILES string of the molecule is CC1CCN(C(=O)NC(Cc2ccc3[nH]ccc3c2)C(=O)N2CCC3(CC2)OCCO3)CC1. The van der Waals surface area contributed by atoms with Crippen LogP contribution < -0.4 is 5.32 Å². The van der Waals surface area contributed by atoms with E-state index in [0.717, 1.165) is 42.4 Å². The lowest BCUT2D eigenvalue weighted by Crippen LogP contribution is -2.56. The van der Waals surface area contributed by atoms with Gasteiger partial charge in [0.25, 0.3) is 0 Å². The molecule has 178 valence electrons. The van der Waals surface area contributed by atoms with Crippen LogP contribution in [-0.2, 0) is 20.7 Å². The zero-order chi connectivity index (χ0) is 22.8. The lowest BCUT2D eigenvalue weighted by molar-refractivity contribution is -0.187. The first-order valence-electron chi connectivity index (χ1n) is 12.2. The minimum absolute atomic E-state index is 0.0317. The molecule has 4 heterocycles. The van der Waals surface area contributed by atoms with Crippen molar-refractivity contribution >= 4 is 22.8 Å². The average Bonchev–Trinajstić information content (AvgIpc) is 3.48. The van der Waals surface area contributed by atoms with Crippen molar-refractivity contribution < 1.29 is 19.1 Å². The fourth-order valence-electron chi connectivity index (χ4n) is 5.19. The Morgan fingerprint density at radius 1 is 1.09 bits per heavy atom. The number of rotatable bonds is 4. The highest BCUT2D eigenvalue weighted by molar-refractivity contribution is 5.88. The van der Waals surface area contributed by atoms with Gasteiger partial charge in [0.2, 0.25) is 5.91 Å². The van der Waals surface area contributed by atoms with Crippen LogP contribution in [0.15, 0.2) is 30.5 Å². The Morgan fingerprint density at radius 2 is 1.82 bits per heavy atom. The maximum atomic E-state index is 13.6. The van der Waals surface area contributed by atoms with Gasteiger partial charge in [0, 0.05) is 57.2 Å². The summed E-state index contributed by atoms with van der Waals surface area (Å²) in [6.07, 6.45) is 5.71. The highest BCUT2D eigenvalue weighted by Crippen LogP contribution is 2.31. The van der Waals surface area contributed by atoms with E-state index in [1.54, 1.807) is 0 Å². The predicted molar refractivity (Wildman–Crippen MR) is 125 cm³/mol. The lowest BCUT2D eigenvalue weighted by Gasteiger charge is -2.39. The Kier molecular flexibility index (Phi) is 6.29. The van der Waals surface area contributed by atoms with Crippen molar-refractivity contribution in [1.82, 2.24) is 20.1 Å². The summed E-state index contributed by atoms with van der Waals surface area (Å²) in [6, 6.07) is 7.42. The van der Waals surface area contributed by atoms with E-state index < -0.39 is 11.8 Å². The quantitative estimate of drug-likeness (QED) is 0.744. The summed E-state index contributed by atoms with van der Waals surface area (Å²) in [5.41, 5.74) is 2.09. The summed E-state index contributed by atoms with van der Waals surface area (Å²) >= 11 is 0. The minimum atomic E-state index is -0.604. The van der Waals surface area contributed by atoms with Gasteiger partial charge in [-0.1, -0.05) is 13.0 Å². The van der Waals surface area contributed by atoms with Crippen LogP contribution in [0.3, 0.4) is 0 Å². The molecule has 2 aromatic rings. The van der Waals surface area contributed by atoms with E-state index in [9.17, 15) is 9.59 Å². The van der Waals surface area contributed by atoms with Gasteiger partial charge >= 0.3 is 6.03 Å². The third-order valence-corrected chi connectivity index (χ3v) is 7.37. The van der Waals surface area contributed by atoms with Crippen LogP contribution in [0.1, 0.15) is 38.2 Å². The molecule has 3 saturated heterocycles. The number of fused-ring (bicyclic) bond motifs is 1. The van der Waals surface area contributed by atoms with Gasteiger partial charge in [-0.05, 0) is 47.9 Å². The number of piperidine rings is 2. The van der Waals surface area contributed by atoms with Crippen LogP contribution in [-0.4, -0.2) is 77.9 Å². The summed E-state index contributed by atoms with van der Waals surface area (Å²) in [6.45, 7) is 6.08. The first-order chi connectivity index (χ1) is 16.0. The Morgan fingerprint density at radius 3 is 2.55 bits per heavy atom. The summed E-state index contributed by atoms with van der Waals surface area (Å²) < 4.78 is 11.6. The Hall–Kier alpha value is -2.58. The van der Waals surface area contributed by atoms with Gasteiger partial charge in [0.15, 0.2) is 5.79 Å². The molecule has 0 saturated carbocycles. The number of likely N-dealkylation sites (tertiary alicyclic amines) is 2. The van der Waals surface area contributed by atoms with Gasteiger partial charge in [-0.25, -0.2) is 4.79 Å². The number of carbonyl (C=O) groups excluding carboxylic acids is 2. The zero-order valence-electron chi connectivity index (χ0n) is 19.3. The number of nitrogens with zero attached hydrogens (tertiary/aromatic N) is 2. The van der Waals surface area contributed by atoms with Crippen LogP contribution in [0, 0.1) is 5.92 Å². The molecule has 8 nitrogen and oxygen atoms in total. The van der Waals surface area contributed by atoms with Crippen LogP contribution in [0.25, 0.3) is 10.9 Å². The lowest BCUT2D eigenvalue weighted by atomic mass is 9.99. The van der Waals surface area contributed by atoms with Crippen molar-refractivity contribution in [2.45, 2.75) is 50.9 Å². The topological polar surface area (TPSA) is 86.9 Å². The second kappa shape index (κ2) is 9.35. The number of hydrogen-bond donors (Lipinski definition) is 2. The van der Waals surface area contributed by atoms with E-state index in [2.05, 4.69) is 23.3 Å². The number of urea groups is 1. The Bertz CT molecular complexity index is 981. The summed E-state index contributed by atoms with van der Waals surface area (Å²) in [4.78, 5) is 33.6. The monoisotopic (exact) mass is 454 g/mol. The fraction of sp³-hybridized carbons (Fsp3) is 0.600. The van der Waals surface area contributed by atoms with Crippen LogP contribution in [0.4, 0.5) is 4.79 Å².